The molecule has 234 valence electrons. The minimum absolute atomic E-state index is 0.186. The fourth-order valence-corrected chi connectivity index (χ4v) is 8.62. The molecule has 2 heteroatoms. The molecule has 49 heavy (non-hydrogen) atoms. The van der Waals surface area contributed by atoms with E-state index in [-0.39, 0.29) is 5.41 Å². The van der Waals surface area contributed by atoms with Crippen LogP contribution in [-0.4, -0.2) is 4.57 Å². The molecule has 0 radical (unpaired) electrons. The van der Waals surface area contributed by atoms with Crippen molar-refractivity contribution in [2.75, 3.05) is 0 Å². The first-order chi connectivity index (χ1) is 23.9. The zero-order valence-corrected chi connectivity index (χ0v) is 28.1. The Balaban J connectivity index is 1.19. The molecular weight excluding hydrogens is 595 g/mol. The predicted molar refractivity (Wildman–Crippen MR) is 206 cm³/mol. The molecule has 1 aliphatic carbocycles. The molecule has 0 fully saturated rings. The molecule has 0 amide bonds. The molecular formula is C47H35NO. The second-order valence-electron chi connectivity index (χ2n) is 14.2. The summed E-state index contributed by atoms with van der Waals surface area (Å²) in [6.45, 7) is 9.41. The minimum Gasteiger partial charge on any atom is -0.456 e. The molecule has 0 saturated carbocycles. The van der Waals surface area contributed by atoms with Gasteiger partial charge < -0.3 is 8.98 Å². The first-order valence-corrected chi connectivity index (χ1v) is 17.2. The predicted octanol–water partition coefficient (Wildman–Crippen LogP) is 12.9. The van der Waals surface area contributed by atoms with Gasteiger partial charge in [0.1, 0.15) is 11.2 Å². The summed E-state index contributed by atoms with van der Waals surface area (Å²) in [6, 6.07) is 50.9. The van der Waals surface area contributed by atoms with E-state index in [1.807, 2.05) is 6.07 Å². The van der Waals surface area contributed by atoms with Crippen molar-refractivity contribution in [2.24, 2.45) is 0 Å². The summed E-state index contributed by atoms with van der Waals surface area (Å²) in [5, 5.41) is 4.90. The lowest BCUT2D eigenvalue weighted by molar-refractivity contribution is 0.659. The van der Waals surface area contributed by atoms with Crippen LogP contribution >= 0.6 is 0 Å². The Kier molecular flexibility index (Phi) is 5.79. The molecule has 9 aromatic rings. The summed E-state index contributed by atoms with van der Waals surface area (Å²) >= 11 is 0. The quantitative estimate of drug-likeness (QED) is 0.190. The van der Waals surface area contributed by atoms with Crippen LogP contribution < -0.4 is 0 Å². The molecule has 0 bridgehead atoms. The van der Waals surface area contributed by atoms with E-state index in [0.717, 1.165) is 16.6 Å². The van der Waals surface area contributed by atoms with Crippen LogP contribution in [0.3, 0.4) is 0 Å². The molecule has 7 aromatic carbocycles. The van der Waals surface area contributed by atoms with E-state index < -0.39 is 0 Å². The van der Waals surface area contributed by atoms with E-state index in [2.05, 4.69) is 166 Å². The number of furan rings is 1. The van der Waals surface area contributed by atoms with Gasteiger partial charge in [0.25, 0.3) is 0 Å². The number of para-hydroxylation sites is 2. The van der Waals surface area contributed by atoms with Crippen LogP contribution in [0.4, 0.5) is 0 Å². The van der Waals surface area contributed by atoms with E-state index in [0.29, 0.717) is 0 Å². The average Bonchev–Trinajstić information content (AvgIpc) is 3.75. The molecule has 2 heterocycles. The van der Waals surface area contributed by atoms with Gasteiger partial charge in [-0.1, -0.05) is 117 Å². The zero-order valence-electron chi connectivity index (χ0n) is 28.1. The van der Waals surface area contributed by atoms with Gasteiger partial charge in [0, 0.05) is 32.6 Å². The van der Waals surface area contributed by atoms with Crippen LogP contribution in [-0.2, 0) is 5.41 Å². The topological polar surface area (TPSA) is 18.1 Å². The zero-order chi connectivity index (χ0) is 33.0. The Hall–Kier alpha value is -5.86. The first kappa shape index (κ1) is 28.2. The molecule has 0 atom stereocenters. The van der Waals surface area contributed by atoms with Crippen molar-refractivity contribution < 1.29 is 4.42 Å². The molecule has 1 aliphatic rings. The highest BCUT2D eigenvalue weighted by Crippen LogP contribution is 2.53. The van der Waals surface area contributed by atoms with E-state index in [1.54, 1.807) is 0 Å². The number of fused-ring (bicyclic) bond motifs is 9. The first-order valence-electron chi connectivity index (χ1n) is 17.2. The van der Waals surface area contributed by atoms with E-state index >= 15 is 0 Å². The summed E-state index contributed by atoms with van der Waals surface area (Å²) < 4.78 is 8.78. The maximum atomic E-state index is 6.27. The van der Waals surface area contributed by atoms with E-state index in [9.17, 15) is 0 Å². The molecule has 0 unspecified atom stereocenters. The van der Waals surface area contributed by atoms with Gasteiger partial charge in [-0.3, -0.25) is 0 Å². The van der Waals surface area contributed by atoms with E-state index in [1.165, 1.54) is 88.5 Å². The third kappa shape index (κ3) is 3.89. The monoisotopic (exact) mass is 629 g/mol. The third-order valence-corrected chi connectivity index (χ3v) is 11.2. The van der Waals surface area contributed by atoms with Crippen LogP contribution in [0.5, 0.6) is 0 Å². The summed E-state index contributed by atoms with van der Waals surface area (Å²) in [7, 11) is 0. The lowest BCUT2D eigenvalue weighted by Crippen LogP contribution is -2.16. The number of rotatable bonds is 3. The number of hydrogen-bond acceptors (Lipinski definition) is 1. The Morgan fingerprint density at radius 3 is 2.06 bits per heavy atom. The van der Waals surface area contributed by atoms with Crippen molar-refractivity contribution in [1.82, 2.24) is 4.57 Å². The van der Waals surface area contributed by atoms with Crippen molar-refractivity contribution >= 4 is 43.7 Å². The van der Waals surface area contributed by atoms with Gasteiger partial charge in [0.2, 0.25) is 0 Å². The normalized spacial score (nSPS) is 13.5. The molecule has 0 aliphatic heterocycles. The largest absolute Gasteiger partial charge is 0.456 e. The number of nitrogens with zero attached hydrogens (tertiary/aromatic N) is 1. The Bertz CT molecular complexity index is 2810. The number of benzene rings is 7. The van der Waals surface area contributed by atoms with Crippen LogP contribution in [0, 0.1) is 13.8 Å². The van der Waals surface area contributed by atoms with Gasteiger partial charge in [-0.05, 0) is 106 Å². The molecule has 2 aromatic heterocycles. The van der Waals surface area contributed by atoms with Gasteiger partial charge in [0.15, 0.2) is 0 Å². The van der Waals surface area contributed by atoms with Gasteiger partial charge in [-0.2, -0.15) is 0 Å². The van der Waals surface area contributed by atoms with Crippen molar-refractivity contribution in [3.05, 3.63) is 162 Å². The van der Waals surface area contributed by atoms with Crippen LogP contribution in [0.15, 0.2) is 144 Å². The second-order valence-corrected chi connectivity index (χ2v) is 14.2. The van der Waals surface area contributed by atoms with Gasteiger partial charge in [-0.25, -0.2) is 0 Å². The maximum Gasteiger partial charge on any atom is 0.136 e. The summed E-state index contributed by atoms with van der Waals surface area (Å²) in [5.74, 6) is 0. The van der Waals surface area contributed by atoms with Crippen molar-refractivity contribution in [3.8, 4) is 39.1 Å². The molecule has 0 spiro atoms. The standard InChI is InChI=1S/C47H35NO/c1-28-29(2)45-36-24-22-32(33-17-12-20-44-46(33)37-16-9-11-19-43(37)49-44)25-38(36)47(3,4)39(45)27-41(28)48-40-18-10-8-15-34(40)35-23-21-31(26-42(35)48)30-13-6-5-7-14-30/h5-27H,1-4H3. The molecule has 0 saturated heterocycles. The highest BCUT2D eigenvalue weighted by molar-refractivity contribution is 6.13. The summed E-state index contributed by atoms with van der Waals surface area (Å²) in [5.41, 5.74) is 18.4. The fraction of sp³-hybridized carbons (Fsp3) is 0.106. The summed E-state index contributed by atoms with van der Waals surface area (Å²) in [6.07, 6.45) is 0. The van der Waals surface area contributed by atoms with Crippen molar-refractivity contribution in [2.45, 2.75) is 33.1 Å². The van der Waals surface area contributed by atoms with Crippen LogP contribution in [0.2, 0.25) is 0 Å². The van der Waals surface area contributed by atoms with Crippen LogP contribution in [0.25, 0.3) is 82.8 Å². The van der Waals surface area contributed by atoms with E-state index in [4.69, 9.17) is 4.42 Å². The van der Waals surface area contributed by atoms with Crippen molar-refractivity contribution in [3.63, 3.8) is 0 Å². The lowest BCUT2D eigenvalue weighted by Gasteiger charge is -2.24. The van der Waals surface area contributed by atoms with Crippen molar-refractivity contribution in [1.29, 1.82) is 0 Å². The molecule has 10 rings (SSSR count). The maximum absolute atomic E-state index is 6.27. The Morgan fingerprint density at radius 2 is 1.20 bits per heavy atom. The summed E-state index contributed by atoms with van der Waals surface area (Å²) in [4.78, 5) is 0. The number of aromatic nitrogens is 1. The average molecular weight is 630 g/mol. The Morgan fingerprint density at radius 1 is 0.490 bits per heavy atom. The van der Waals surface area contributed by atoms with Gasteiger partial charge in [0.05, 0.1) is 11.0 Å². The van der Waals surface area contributed by atoms with Gasteiger partial charge >= 0.3 is 0 Å². The fourth-order valence-electron chi connectivity index (χ4n) is 8.62. The third-order valence-electron chi connectivity index (χ3n) is 11.2. The SMILES string of the molecule is Cc1c(-n2c3ccccc3c3ccc(-c4ccccc4)cc32)cc2c(c1C)-c1ccc(-c3cccc4oc5ccccc5c34)cc1C2(C)C. The van der Waals surface area contributed by atoms with Crippen LogP contribution in [0.1, 0.15) is 36.1 Å². The highest BCUT2D eigenvalue weighted by atomic mass is 16.3. The molecule has 0 N–H and O–H groups in total. The molecule has 2 nitrogen and oxygen atoms in total. The lowest BCUT2D eigenvalue weighted by atomic mass is 9.80. The Labute approximate surface area is 285 Å². The number of hydrogen-bond donors (Lipinski definition) is 0. The second kappa shape index (κ2) is 10.1. The van der Waals surface area contributed by atoms with Gasteiger partial charge in [-0.15, -0.1) is 0 Å². The minimum atomic E-state index is -0.186. The highest BCUT2D eigenvalue weighted by Gasteiger charge is 2.38. The smallest absolute Gasteiger partial charge is 0.136 e.